The first-order valence-electron chi connectivity index (χ1n) is 31.7. The van der Waals surface area contributed by atoms with Gasteiger partial charge in [-0.1, -0.05) is 239 Å². The molecular weight excluding hydrogens is 1090 g/mol. The van der Waals surface area contributed by atoms with Crippen LogP contribution in [-0.2, 0) is 5.41 Å². The van der Waals surface area contributed by atoms with Gasteiger partial charge in [-0.25, -0.2) is 0 Å². The molecule has 1 spiro atoms. The number of furan rings is 2. The quantitative estimate of drug-likeness (QED) is 0.137. The van der Waals surface area contributed by atoms with Crippen LogP contribution < -0.4 is 9.80 Å². The van der Waals surface area contributed by atoms with Crippen LogP contribution in [0.15, 0.2) is 288 Å². The van der Waals surface area contributed by atoms with Crippen molar-refractivity contribution in [2.75, 3.05) is 9.80 Å². The van der Waals surface area contributed by atoms with Crippen LogP contribution >= 0.6 is 0 Å². The zero-order chi connectivity index (χ0) is 60.8. The smallest absolute Gasteiger partial charge is 0.159 e. The number of benzene rings is 13. The molecule has 2 aromatic heterocycles. The van der Waals surface area contributed by atoms with Crippen LogP contribution in [-0.4, -0.2) is 0 Å². The lowest BCUT2D eigenvalue weighted by molar-refractivity contribution is 0.595. The van der Waals surface area contributed by atoms with E-state index in [-0.39, 0.29) is 0 Å². The molecule has 0 N–H and O–H groups in total. The van der Waals surface area contributed by atoms with Crippen LogP contribution in [0.25, 0.3) is 105 Å². The third kappa shape index (κ3) is 8.14. The lowest BCUT2D eigenvalue weighted by Crippen LogP contribution is -2.26. The molecule has 0 unspecified atom stereocenters. The van der Waals surface area contributed by atoms with E-state index in [2.05, 4.69) is 317 Å². The number of hydrogen-bond donors (Lipinski definition) is 0. The Bertz CT molecular complexity index is 5330. The number of allylic oxidation sites excluding steroid dienone is 1. The molecule has 432 valence electrons. The van der Waals surface area contributed by atoms with Gasteiger partial charge in [-0.05, 0) is 171 Å². The molecule has 2 aliphatic rings. The summed E-state index contributed by atoms with van der Waals surface area (Å²) in [5.41, 5.74) is 26.3. The fourth-order valence-electron chi connectivity index (χ4n) is 15.1. The molecule has 17 rings (SSSR count). The first kappa shape index (κ1) is 54.5. The lowest BCUT2D eigenvalue weighted by Gasteiger charge is -2.33. The van der Waals surface area contributed by atoms with Gasteiger partial charge in [-0.2, -0.15) is 0 Å². The molecule has 0 bridgehead atoms. The van der Waals surface area contributed by atoms with Gasteiger partial charge in [0.05, 0.1) is 22.5 Å². The maximum atomic E-state index is 7.33. The molecule has 15 aromatic rings. The molecule has 0 fully saturated rings. The van der Waals surface area contributed by atoms with Crippen LogP contribution in [0.3, 0.4) is 0 Å². The standard InChI is InChI=1S/C84H60N2O2.C2H6/c1-5-25-76(80-54(4)62-38-22-39-67(81(62)87-80)60-32-14-12-26-52(60)2)85(57-28-8-6-9-29-57)59-47-46-55-49-71-74(50-56(55)48-59)84(72-43-20-18-34-63(72)64-35-19-21-44-73(64)84)75-51-78(65-36-16-17-37-66(65)79(71)75)86(58-30-10-7-11-31-58)77-45-24-42-70-69-41-23-40-68(82(69)88-83(70)77)61-33-15-13-27-53(61)3;1-2/h6-51H,5H2,1-4H3;1-2H3/b76-25+;. The second-order valence-electron chi connectivity index (χ2n) is 23.8. The average molecular weight is 1160 g/mol. The molecule has 90 heavy (non-hydrogen) atoms. The van der Waals surface area contributed by atoms with Gasteiger partial charge in [0.25, 0.3) is 0 Å². The molecule has 0 aliphatic heterocycles. The lowest BCUT2D eigenvalue weighted by atomic mass is 9.70. The van der Waals surface area contributed by atoms with Gasteiger partial charge in [0.15, 0.2) is 11.3 Å². The summed E-state index contributed by atoms with van der Waals surface area (Å²) in [5.74, 6) is 0.861. The maximum absolute atomic E-state index is 7.33. The summed E-state index contributed by atoms with van der Waals surface area (Å²) in [6.07, 6.45) is 3.13. The van der Waals surface area contributed by atoms with Gasteiger partial charge in [0.1, 0.15) is 11.2 Å². The largest absolute Gasteiger partial charge is 0.454 e. The van der Waals surface area contributed by atoms with Crippen molar-refractivity contribution in [1.29, 1.82) is 0 Å². The van der Waals surface area contributed by atoms with Crippen LogP contribution in [0.2, 0.25) is 0 Å². The van der Waals surface area contributed by atoms with Gasteiger partial charge in [0, 0.05) is 55.3 Å². The van der Waals surface area contributed by atoms with Crippen molar-refractivity contribution in [2.45, 2.75) is 53.4 Å². The molecule has 0 saturated carbocycles. The Labute approximate surface area is 525 Å². The molecule has 0 atom stereocenters. The topological polar surface area (TPSA) is 32.8 Å². The second-order valence-corrected chi connectivity index (χ2v) is 23.8. The summed E-state index contributed by atoms with van der Waals surface area (Å²) in [5, 5.41) is 7.95. The summed E-state index contributed by atoms with van der Waals surface area (Å²) < 4.78 is 14.6. The zero-order valence-corrected chi connectivity index (χ0v) is 51.5. The Morgan fingerprint density at radius 2 is 0.889 bits per heavy atom. The Morgan fingerprint density at radius 3 is 1.53 bits per heavy atom. The number of nitrogens with zero attached hydrogens (tertiary/aromatic N) is 2. The first-order chi connectivity index (χ1) is 44.4. The predicted octanol–water partition coefficient (Wildman–Crippen LogP) is 24.3. The highest BCUT2D eigenvalue weighted by Gasteiger charge is 2.53. The molecule has 2 heterocycles. The van der Waals surface area contributed by atoms with E-state index in [1.807, 2.05) is 13.8 Å². The number of aryl methyl sites for hydroxylation is 3. The summed E-state index contributed by atoms with van der Waals surface area (Å²) in [6, 6.07) is 101. The summed E-state index contributed by atoms with van der Waals surface area (Å²) >= 11 is 0. The molecule has 0 saturated heterocycles. The normalized spacial score (nSPS) is 12.8. The summed E-state index contributed by atoms with van der Waals surface area (Å²) in [7, 11) is 0. The Kier molecular flexibility index (Phi) is 13.1. The van der Waals surface area contributed by atoms with E-state index in [9.17, 15) is 0 Å². The third-order valence-electron chi connectivity index (χ3n) is 19.0. The van der Waals surface area contributed by atoms with E-state index in [4.69, 9.17) is 8.83 Å². The predicted molar refractivity (Wildman–Crippen MR) is 379 cm³/mol. The number of anilines is 5. The minimum atomic E-state index is -0.691. The van der Waals surface area contributed by atoms with Crippen molar-refractivity contribution in [3.05, 3.63) is 324 Å². The van der Waals surface area contributed by atoms with Crippen LogP contribution in [0.4, 0.5) is 28.4 Å². The van der Waals surface area contributed by atoms with Gasteiger partial charge in [-0.3, -0.25) is 0 Å². The third-order valence-corrected chi connectivity index (χ3v) is 19.0. The van der Waals surface area contributed by atoms with Gasteiger partial charge in [-0.15, -0.1) is 0 Å². The van der Waals surface area contributed by atoms with Crippen molar-refractivity contribution in [3.8, 4) is 44.5 Å². The van der Waals surface area contributed by atoms with Crippen molar-refractivity contribution in [2.24, 2.45) is 0 Å². The number of rotatable bonds is 10. The Hall–Kier alpha value is -10.9. The van der Waals surface area contributed by atoms with Crippen molar-refractivity contribution >= 4 is 88.6 Å². The first-order valence-corrected chi connectivity index (χ1v) is 31.7. The van der Waals surface area contributed by atoms with E-state index in [0.717, 1.165) is 107 Å². The molecule has 4 nitrogen and oxygen atoms in total. The van der Waals surface area contributed by atoms with Crippen LogP contribution in [0.5, 0.6) is 0 Å². The second kappa shape index (κ2) is 21.7. The van der Waals surface area contributed by atoms with E-state index in [0.29, 0.717) is 0 Å². The molecule has 0 radical (unpaired) electrons. The van der Waals surface area contributed by atoms with E-state index >= 15 is 0 Å². The maximum Gasteiger partial charge on any atom is 0.159 e. The van der Waals surface area contributed by atoms with E-state index < -0.39 is 5.41 Å². The van der Waals surface area contributed by atoms with Crippen molar-refractivity contribution in [3.63, 3.8) is 0 Å². The minimum absolute atomic E-state index is 0.691. The highest BCUT2D eigenvalue weighted by Crippen LogP contribution is 2.66. The molecular formula is C86H66N2O2. The fourth-order valence-corrected chi connectivity index (χ4v) is 15.1. The zero-order valence-electron chi connectivity index (χ0n) is 51.5. The number of fused-ring (bicyclic) bond motifs is 17. The Morgan fingerprint density at radius 1 is 0.367 bits per heavy atom. The minimum Gasteiger partial charge on any atom is -0.454 e. The van der Waals surface area contributed by atoms with Crippen LogP contribution in [0, 0.1) is 20.8 Å². The van der Waals surface area contributed by atoms with Gasteiger partial charge in [0.2, 0.25) is 0 Å². The molecule has 0 amide bonds. The fraction of sp³-hybridized carbons (Fsp3) is 0.0930. The highest BCUT2D eigenvalue weighted by atomic mass is 16.3. The Balaban J connectivity index is 0.00000321. The average Bonchev–Trinajstić information content (AvgIpc) is 1.50. The van der Waals surface area contributed by atoms with Gasteiger partial charge < -0.3 is 18.6 Å². The molecule has 13 aromatic carbocycles. The van der Waals surface area contributed by atoms with Gasteiger partial charge >= 0.3 is 0 Å². The van der Waals surface area contributed by atoms with Crippen molar-refractivity contribution in [1.82, 2.24) is 0 Å². The molecule has 4 heteroatoms. The van der Waals surface area contributed by atoms with Crippen LogP contribution in [0.1, 0.15) is 71.9 Å². The molecule has 2 aliphatic carbocycles. The van der Waals surface area contributed by atoms with Crippen molar-refractivity contribution < 1.29 is 8.83 Å². The SMILES string of the molecule is CC.CC/C=C(\c1oc2c(-c3ccccc3C)cccc2c1C)N(c1ccccc1)c1ccc2cc3c(cc2c1)C1(c2ccccc2-c2ccccc21)c1cc(N(c2ccccc2)c2cccc4c2oc2c(-c5ccccc5C)cccc24)c2ccccc2c1-3. The van der Waals surface area contributed by atoms with E-state index in [1.165, 1.54) is 77.5 Å². The highest BCUT2D eigenvalue weighted by molar-refractivity contribution is 6.17. The number of para-hydroxylation sites is 5. The monoisotopic (exact) mass is 1160 g/mol. The summed E-state index contributed by atoms with van der Waals surface area (Å²) in [6.45, 7) is 12.8. The summed E-state index contributed by atoms with van der Waals surface area (Å²) in [4.78, 5) is 4.86. The number of hydrogen-bond acceptors (Lipinski definition) is 4. The van der Waals surface area contributed by atoms with E-state index in [1.54, 1.807) is 0 Å².